The minimum Gasteiger partial charge on any atom is -0.381 e. The number of carbonyl (C=O) groups excluding carboxylic acids is 2. The highest BCUT2D eigenvalue weighted by Crippen LogP contribution is 2.55. The summed E-state index contributed by atoms with van der Waals surface area (Å²) >= 11 is 0. The van der Waals surface area contributed by atoms with Crippen LogP contribution in [0.15, 0.2) is 66.2 Å². The number of benzene rings is 2. The maximum atomic E-state index is 13.4. The van der Waals surface area contributed by atoms with Crippen LogP contribution in [0.3, 0.4) is 0 Å². The Morgan fingerprint density at radius 1 is 1.03 bits per heavy atom. The predicted octanol–water partition coefficient (Wildman–Crippen LogP) is 3.31. The summed E-state index contributed by atoms with van der Waals surface area (Å²) in [5.74, 6) is -0.963. The molecule has 30 heavy (non-hydrogen) atoms. The van der Waals surface area contributed by atoms with E-state index in [1.807, 2.05) is 60.7 Å². The molecule has 2 aliphatic heterocycles. The lowest BCUT2D eigenvalue weighted by Crippen LogP contribution is -2.45. The molecule has 2 heterocycles. The molecule has 2 bridgehead atoms. The van der Waals surface area contributed by atoms with Crippen molar-refractivity contribution in [2.75, 3.05) is 20.3 Å². The van der Waals surface area contributed by atoms with Crippen molar-refractivity contribution in [3.8, 4) is 0 Å². The van der Waals surface area contributed by atoms with Crippen LogP contribution in [0.25, 0.3) is 6.08 Å². The lowest BCUT2D eigenvalue weighted by Gasteiger charge is -2.38. The Kier molecular flexibility index (Phi) is 4.80. The Morgan fingerprint density at radius 2 is 1.73 bits per heavy atom. The van der Waals surface area contributed by atoms with Crippen molar-refractivity contribution in [1.29, 1.82) is 0 Å². The lowest BCUT2D eigenvalue weighted by molar-refractivity contribution is -0.141. The van der Waals surface area contributed by atoms with Gasteiger partial charge in [0.1, 0.15) is 5.60 Å². The Morgan fingerprint density at radius 3 is 2.43 bits per heavy atom. The van der Waals surface area contributed by atoms with E-state index in [-0.39, 0.29) is 29.6 Å². The molecule has 1 saturated carbocycles. The highest BCUT2D eigenvalue weighted by molar-refractivity contribution is 6.06. The van der Waals surface area contributed by atoms with Crippen molar-refractivity contribution in [2.24, 2.45) is 17.8 Å². The number of carbonyl (C=O) groups is 2. The summed E-state index contributed by atoms with van der Waals surface area (Å²) in [6.07, 6.45) is 2.61. The standard InChI is InChI=1S/C25H25NO4/c1-29-16-25-13-19-22(20(15-30-25)21(25)12-17-8-4-2-5-9-17)24(28)26(23(19)27)14-18-10-6-3-7-11-18/h2-12,19-20,22H,13-16H2,1H3/b21-12+/t19-,20+,22-,25-/m1/s1. The van der Waals surface area contributed by atoms with Gasteiger partial charge < -0.3 is 9.47 Å². The van der Waals surface area contributed by atoms with Gasteiger partial charge in [0.25, 0.3) is 0 Å². The van der Waals surface area contributed by atoms with Gasteiger partial charge in [0, 0.05) is 13.0 Å². The molecule has 154 valence electrons. The summed E-state index contributed by atoms with van der Waals surface area (Å²) < 4.78 is 11.8. The van der Waals surface area contributed by atoms with Gasteiger partial charge in [0.15, 0.2) is 0 Å². The predicted molar refractivity (Wildman–Crippen MR) is 112 cm³/mol. The first-order valence-electron chi connectivity index (χ1n) is 10.4. The summed E-state index contributed by atoms with van der Waals surface area (Å²) in [5, 5.41) is 0. The molecule has 3 aliphatic rings. The first-order valence-corrected chi connectivity index (χ1v) is 10.4. The number of nitrogens with zero attached hydrogens (tertiary/aromatic N) is 1. The number of amides is 2. The first-order chi connectivity index (χ1) is 14.6. The van der Waals surface area contributed by atoms with Gasteiger partial charge in [-0.25, -0.2) is 0 Å². The van der Waals surface area contributed by atoms with Gasteiger partial charge in [-0.2, -0.15) is 0 Å². The second-order valence-corrected chi connectivity index (χ2v) is 8.44. The summed E-state index contributed by atoms with van der Waals surface area (Å²) in [5.41, 5.74) is 2.47. The number of likely N-dealkylation sites (tertiary alicyclic amines) is 1. The second-order valence-electron chi connectivity index (χ2n) is 8.44. The van der Waals surface area contributed by atoms with Crippen molar-refractivity contribution < 1.29 is 19.1 Å². The quantitative estimate of drug-likeness (QED) is 0.719. The fourth-order valence-electron chi connectivity index (χ4n) is 5.38. The van der Waals surface area contributed by atoms with E-state index in [0.29, 0.717) is 26.2 Å². The summed E-state index contributed by atoms with van der Waals surface area (Å²) in [4.78, 5) is 28.1. The zero-order valence-corrected chi connectivity index (χ0v) is 17.0. The van der Waals surface area contributed by atoms with Crippen molar-refractivity contribution in [2.45, 2.75) is 18.6 Å². The molecule has 2 aromatic rings. The van der Waals surface area contributed by atoms with Gasteiger partial charge in [0.2, 0.25) is 11.8 Å². The van der Waals surface area contributed by atoms with Crippen molar-refractivity contribution >= 4 is 17.9 Å². The van der Waals surface area contributed by atoms with Gasteiger partial charge in [-0.15, -0.1) is 0 Å². The van der Waals surface area contributed by atoms with Crippen LogP contribution in [0, 0.1) is 17.8 Å². The number of imide groups is 1. The van der Waals surface area contributed by atoms with E-state index in [4.69, 9.17) is 9.47 Å². The van der Waals surface area contributed by atoms with E-state index < -0.39 is 5.60 Å². The molecular weight excluding hydrogens is 378 g/mol. The van der Waals surface area contributed by atoms with E-state index in [1.54, 1.807) is 7.11 Å². The molecule has 0 spiro atoms. The number of fused-ring (bicyclic) bond motifs is 4. The molecule has 2 amide bonds. The zero-order valence-electron chi connectivity index (χ0n) is 17.0. The zero-order chi connectivity index (χ0) is 20.7. The van der Waals surface area contributed by atoms with Crippen LogP contribution in [0.4, 0.5) is 0 Å². The first kappa shape index (κ1) is 19.2. The van der Waals surface area contributed by atoms with Gasteiger partial charge in [-0.3, -0.25) is 14.5 Å². The molecule has 1 aliphatic carbocycles. The van der Waals surface area contributed by atoms with Gasteiger partial charge in [-0.05, 0) is 23.1 Å². The maximum Gasteiger partial charge on any atom is 0.234 e. The van der Waals surface area contributed by atoms with Gasteiger partial charge >= 0.3 is 0 Å². The van der Waals surface area contributed by atoms with Crippen LogP contribution in [0.5, 0.6) is 0 Å². The van der Waals surface area contributed by atoms with E-state index in [0.717, 1.165) is 16.7 Å². The number of methoxy groups -OCH3 is 1. The smallest absolute Gasteiger partial charge is 0.234 e. The molecular formula is C25H25NO4. The fraction of sp³-hybridized carbons (Fsp3) is 0.360. The maximum absolute atomic E-state index is 13.4. The highest BCUT2D eigenvalue weighted by Gasteiger charge is 2.63. The topological polar surface area (TPSA) is 55.8 Å². The lowest BCUT2D eigenvalue weighted by atomic mass is 9.65. The van der Waals surface area contributed by atoms with Gasteiger partial charge in [0.05, 0.1) is 31.6 Å². The van der Waals surface area contributed by atoms with Crippen LogP contribution in [0.1, 0.15) is 17.5 Å². The molecule has 0 radical (unpaired) electrons. The SMILES string of the molecule is COC[C@@]12C[C@H]3C(=O)N(Cc4ccccc4)C(=O)[C@H]3[C@@H](CO1)/C2=C\c1ccccc1. The summed E-state index contributed by atoms with van der Waals surface area (Å²) in [7, 11) is 1.65. The monoisotopic (exact) mass is 403 g/mol. The Hall–Kier alpha value is -2.76. The number of ether oxygens (including phenoxy) is 2. The van der Waals surface area contributed by atoms with Crippen LogP contribution in [-0.2, 0) is 25.6 Å². The van der Waals surface area contributed by atoms with E-state index in [9.17, 15) is 9.59 Å². The molecule has 5 rings (SSSR count). The largest absolute Gasteiger partial charge is 0.381 e. The third-order valence-electron chi connectivity index (χ3n) is 6.70. The molecule has 2 saturated heterocycles. The minimum atomic E-state index is -0.644. The van der Waals surface area contributed by atoms with Crippen molar-refractivity contribution in [1.82, 2.24) is 4.90 Å². The van der Waals surface area contributed by atoms with E-state index in [1.165, 1.54) is 4.90 Å². The van der Waals surface area contributed by atoms with E-state index >= 15 is 0 Å². The molecule has 0 unspecified atom stereocenters. The molecule has 2 aromatic carbocycles. The molecule has 3 fully saturated rings. The Labute approximate surface area is 176 Å². The van der Waals surface area contributed by atoms with Crippen molar-refractivity contribution in [3.63, 3.8) is 0 Å². The minimum absolute atomic E-state index is 0.0747. The average molecular weight is 403 g/mol. The fourth-order valence-corrected chi connectivity index (χ4v) is 5.38. The highest BCUT2D eigenvalue weighted by atomic mass is 16.5. The van der Waals surface area contributed by atoms with Crippen LogP contribution >= 0.6 is 0 Å². The third kappa shape index (κ3) is 3.01. The molecule has 0 N–H and O–H groups in total. The van der Waals surface area contributed by atoms with Gasteiger partial charge in [-0.1, -0.05) is 66.7 Å². The summed E-state index contributed by atoms with van der Waals surface area (Å²) in [6, 6.07) is 19.7. The number of hydrogen-bond donors (Lipinski definition) is 0. The van der Waals surface area contributed by atoms with Crippen LogP contribution in [0.2, 0.25) is 0 Å². The van der Waals surface area contributed by atoms with Crippen LogP contribution in [-0.4, -0.2) is 42.6 Å². The Bertz CT molecular complexity index is 987. The summed E-state index contributed by atoms with van der Waals surface area (Å²) in [6.45, 7) is 1.15. The van der Waals surface area contributed by atoms with Crippen LogP contribution < -0.4 is 0 Å². The number of rotatable bonds is 5. The molecule has 5 heteroatoms. The average Bonchev–Trinajstić information content (AvgIpc) is 3.12. The Balaban J connectivity index is 1.51. The van der Waals surface area contributed by atoms with E-state index in [2.05, 4.69) is 6.08 Å². The normalized spacial score (nSPS) is 31.4. The number of hydrogen-bond acceptors (Lipinski definition) is 4. The second kappa shape index (κ2) is 7.49. The molecule has 5 nitrogen and oxygen atoms in total. The van der Waals surface area contributed by atoms with Crippen molar-refractivity contribution in [3.05, 3.63) is 77.4 Å². The third-order valence-corrected chi connectivity index (χ3v) is 6.70. The molecule has 4 atom stereocenters. The molecule has 0 aromatic heterocycles.